The van der Waals surface area contributed by atoms with E-state index in [0.29, 0.717) is 13.1 Å². The summed E-state index contributed by atoms with van der Waals surface area (Å²) in [6.07, 6.45) is 9.16. The molecule has 0 aromatic rings. The lowest BCUT2D eigenvalue weighted by Gasteiger charge is -2.26. The van der Waals surface area contributed by atoms with Gasteiger partial charge in [0.2, 0.25) is 0 Å². The predicted molar refractivity (Wildman–Crippen MR) is 118 cm³/mol. The fourth-order valence-corrected chi connectivity index (χ4v) is 4.09. The normalized spacial score (nSPS) is 17.8. The van der Waals surface area contributed by atoms with Gasteiger partial charge in [0.05, 0.1) is 11.5 Å². The summed E-state index contributed by atoms with van der Waals surface area (Å²) in [6.45, 7) is 6.14. The summed E-state index contributed by atoms with van der Waals surface area (Å²) in [4.78, 5) is 6.42. The molecule has 2 N–H and O–H groups in total. The van der Waals surface area contributed by atoms with Crippen molar-refractivity contribution in [2.45, 2.75) is 51.9 Å². The minimum absolute atomic E-state index is 0. The lowest BCUT2D eigenvalue weighted by molar-refractivity contribution is 0.299. The fraction of sp³-hybridized carbons (Fsp3) is 0.941. The Kier molecular flexibility index (Phi) is 15.0. The third-order valence-corrected chi connectivity index (χ3v) is 6.06. The monoisotopic (exact) mass is 488 g/mol. The molecule has 0 aliphatic carbocycles. The second-order valence-corrected chi connectivity index (χ2v) is 8.84. The van der Waals surface area contributed by atoms with E-state index < -0.39 is 9.84 Å². The topological polar surface area (TPSA) is 73.8 Å². The van der Waals surface area contributed by atoms with Gasteiger partial charge in [0.25, 0.3) is 0 Å². The summed E-state index contributed by atoms with van der Waals surface area (Å²) in [5, 5.41) is 6.65. The first-order chi connectivity index (χ1) is 11.6. The summed E-state index contributed by atoms with van der Waals surface area (Å²) >= 11 is 0. The molecule has 1 rings (SSSR count). The van der Waals surface area contributed by atoms with Crippen molar-refractivity contribution >= 4 is 39.8 Å². The smallest absolute Gasteiger partial charge is 0.191 e. The van der Waals surface area contributed by atoms with Crippen LogP contribution in [0.1, 0.15) is 51.9 Å². The van der Waals surface area contributed by atoms with Gasteiger partial charge < -0.3 is 10.6 Å². The van der Waals surface area contributed by atoms with Crippen LogP contribution in [0.5, 0.6) is 0 Å². The van der Waals surface area contributed by atoms with E-state index >= 15 is 0 Å². The highest BCUT2D eigenvalue weighted by atomic mass is 127. The number of aliphatic imine (C=N–C) groups is 1. The van der Waals surface area contributed by atoms with E-state index in [1.54, 1.807) is 7.05 Å². The zero-order valence-corrected chi connectivity index (χ0v) is 19.1. The molecule has 0 radical (unpaired) electrons. The van der Waals surface area contributed by atoms with Gasteiger partial charge >= 0.3 is 0 Å². The van der Waals surface area contributed by atoms with Crippen molar-refractivity contribution in [1.29, 1.82) is 0 Å². The number of guanidine groups is 1. The van der Waals surface area contributed by atoms with Gasteiger partial charge in [-0.25, -0.2) is 8.42 Å². The van der Waals surface area contributed by atoms with Crippen molar-refractivity contribution in [1.82, 2.24) is 15.5 Å². The van der Waals surface area contributed by atoms with Crippen LogP contribution < -0.4 is 10.6 Å². The van der Waals surface area contributed by atoms with Crippen molar-refractivity contribution in [3.63, 3.8) is 0 Å². The molecule has 25 heavy (non-hydrogen) atoms. The molecule has 1 aliphatic rings. The second-order valence-electron chi connectivity index (χ2n) is 6.54. The molecule has 0 amide bonds. The Bertz CT molecular complexity index is 444. The van der Waals surface area contributed by atoms with Crippen molar-refractivity contribution in [3.05, 3.63) is 0 Å². The number of hydrogen-bond donors (Lipinski definition) is 2. The number of sulfone groups is 1. The molecule has 1 saturated heterocycles. The van der Waals surface area contributed by atoms with Gasteiger partial charge in [0, 0.05) is 39.8 Å². The van der Waals surface area contributed by atoms with Crippen molar-refractivity contribution in [2.24, 2.45) is 4.99 Å². The zero-order chi connectivity index (χ0) is 17.7. The molecule has 0 bridgehead atoms. The van der Waals surface area contributed by atoms with Crippen LogP contribution >= 0.6 is 24.0 Å². The van der Waals surface area contributed by atoms with E-state index in [-0.39, 0.29) is 35.5 Å². The van der Waals surface area contributed by atoms with Crippen LogP contribution in [0, 0.1) is 0 Å². The molecule has 6 nitrogen and oxygen atoms in total. The fourth-order valence-electron chi connectivity index (χ4n) is 2.82. The highest BCUT2D eigenvalue weighted by Crippen LogP contribution is 2.06. The summed E-state index contributed by atoms with van der Waals surface area (Å²) in [5.74, 6) is 1.42. The van der Waals surface area contributed by atoms with E-state index in [9.17, 15) is 8.42 Å². The number of nitrogens with zero attached hydrogens (tertiary/aromatic N) is 2. The van der Waals surface area contributed by atoms with E-state index in [0.717, 1.165) is 25.6 Å². The Labute approximate surface area is 171 Å². The average Bonchev–Trinajstić information content (AvgIpc) is 2.57. The maximum Gasteiger partial charge on any atom is 0.191 e. The maximum atomic E-state index is 11.4. The molecule has 0 unspecified atom stereocenters. The zero-order valence-electron chi connectivity index (χ0n) is 15.9. The van der Waals surface area contributed by atoms with E-state index in [4.69, 9.17) is 0 Å². The van der Waals surface area contributed by atoms with Crippen molar-refractivity contribution in [3.8, 4) is 0 Å². The second kappa shape index (κ2) is 15.0. The van der Waals surface area contributed by atoms with Crippen LogP contribution in [0.25, 0.3) is 0 Å². The largest absolute Gasteiger partial charge is 0.356 e. The van der Waals surface area contributed by atoms with Crippen LogP contribution in [0.2, 0.25) is 0 Å². The molecule has 1 aliphatic heterocycles. The Morgan fingerprint density at radius 2 is 1.52 bits per heavy atom. The van der Waals surface area contributed by atoms with E-state index in [1.807, 2.05) is 0 Å². The summed E-state index contributed by atoms with van der Waals surface area (Å²) in [6, 6.07) is 0. The SMILES string of the molecule is CCCCCCCCCNC(=NC)NCCN1CCS(=O)(=O)CC1.I. The van der Waals surface area contributed by atoms with Gasteiger partial charge in [-0.05, 0) is 6.42 Å². The first-order valence-corrected chi connectivity index (χ1v) is 11.3. The predicted octanol–water partition coefficient (Wildman–Crippen LogP) is 2.25. The van der Waals surface area contributed by atoms with Gasteiger partial charge in [0.15, 0.2) is 15.8 Å². The first kappa shape index (κ1) is 24.9. The molecule has 150 valence electrons. The minimum Gasteiger partial charge on any atom is -0.356 e. The van der Waals surface area contributed by atoms with Crippen LogP contribution in [0.15, 0.2) is 4.99 Å². The van der Waals surface area contributed by atoms with Gasteiger partial charge in [-0.15, -0.1) is 24.0 Å². The minimum atomic E-state index is -2.79. The molecule has 0 aromatic carbocycles. The maximum absolute atomic E-state index is 11.4. The van der Waals surface area contributed by atoms with Gasteiger partial charge in [-0.1, -0.05) is 45.4 Å². The molecule has 0 atom stereocenters. The van der Waals surface area contributed by atoms with Crippen LogP contribution in [0.4, 0.5) is 0 Å². The molecular formula is C17H37IN4O2S. The molecular weight excluding hydrogens is 451 g/mol. The number of halogens is 1. The van der Waals surface area contributed by atoms with Crippen molar-refractivity contribution in [2.75, 3.05) is 51.3 Å². The molecule has 0 spiro atoms. The number of unbranched alkanes of at least 4 members (excludes halogenated alkanes) is 6. The number of rotatable bonds is 11. The Hall–Kier alpha value is -0.0900. The molecule has 8 heteroatoms. The van der Waals surface area contributed by atoms with Gasteiger partial charge in [0.1, 0.15) is 0 Å². The van der Waals surface area contributed by atoms with Gasteiger partial charge in [-0.3, -0.25) is 9.89 Å². The Balaban J connectivity index is 0.00000576. The van der Waals surface area contributed by atoms with E-state index in [2.05, 4.69) is 27.4 Å². The summed E-state index contributed by atoms with van der Waals surface area (Å²) in [5.41, 5.74) is 0. The van der Waals surface area contributed by atoms with Crippen LogP contribution in [-0.2, 0) is 9.84 Å². The Morgan fingerprint density at radius 1 is 0.960 bits per heavy atom. The highest BCUT2D eigenvalue weighted by Gasteiger charge is 2.20. The third kappa shape index (κ3) is 12.8. The van der Waals surface area contributed by atoms with E-state index in [1.165, 1.54) is 44.9 Å². The number of hydrogen-bond acceptors (Lipinski definition) is 4. The lowest BCUT2D eigenvalue weighted by Crippen LogP contribution is -2.46. The Morgan fingerprint density at radius 3 is 2.12 bits per heavy atom. The standard InChI is InChI=1S/C17H36N4O2S.HI/c1-3-4-5-6-7-8-9-10-19-17(18-2)20-11-12-21-13-15-24(22,23)16-14-21;/h3-16H2,1-2H3,(H2,18,19,20);1H. The highest BCUT2D eigenvalue weighted by molar-refractivity contribution is 14.0. The molecule has 1 fully saturated rings. The molecule has 0 aromatic heterocycles. The van der Waals surface area contributed by atoms with Crippen molar-refractivity contribution < 1.29 is 8.42 Å². The molecule has 1 heterocycles. The van der Waals surface area contributed by atoms with Crippen LogP contribution in [-0.4, -0.2) is 70.6 Å². The quantitative estimate of drug-likeness (QED) is 0.202. The average molecular weight is 488 g/mol. The lowest BCUT2D eigenvalue weighted by atomic mass is 10.1. The number of nitrogens with one attached hydrogen (secondary N) is 2. The summed E-state index contributed by atoms with van der Waals surface area (Å²) < 4.78 is 22.8. The first-order valence-electron chi connectivity index (χ1n) is 9.44. The summed E-state index contributed by atoms with van der Waals surface area (Å²) in [7, 11) is -1.000. The molecule has 0 saturated carbocycles. The van der Waals surface area contributed by atoms with Gasteiger partial charge in [-0.2, -0.15) is 0 Å². The van der Waals surface area contributed by atoms with Crippen LogP contribution in [0.3, 0.4) is 0 Å². The third-order valence-electron chi connectivity index (χ3n) is 4.45.